The normalized spacial score (nSPS) is 22.4. The zero-order chi connectivity index (χ0) is 19.7. The Kier molecular flexibility index (Phi) is 5.42. The van der Waals surface area contributed by atoms with E-state index in [1.165, 1.54) is 6.42 Å². The molecular formula is C23H30N2O3. The highest BCUT2D eigenvalue weighted by molar-refractivity contribution is 6.36. The highest BCUT2D eigenvalue weighted by Crippen LogP contribution is 2.39. The number of nitrogens with zero attached hydrogens (tertiary/aromatic N) is 2. The van der Waals surface area contributed by atoms with Gasteiger partial charge in [-0.1, -0.05) is 44.4 Å². The summed E-state index contributed by atoms with van der Waals surface area (Å²) < 4.78 is 5.54. The quantitative estimate of drug-likeness (QED) is 0.743. The number of benzene rings is 1. The summed E-state index contributed by atoms with van der Waals surface area (Å²) in [6.07, 6.45) is 7.30. The molecule has 1 saturated carbocycles. The minimum Gasteiger partial charge on any atom is -0.496 e. The summed E-state index contributed by atoms with van der Waals surface area (Å²) in [5.41, 5.74) is 1.85. The van der Waals surface area contributed by atoms with E-state index in [1.54, 1.807) is 12.0 Å². The molecule has 0 bridgehead atoms. The number of rotatable bonds is 4. The van der Waals surface area contributed by atoms with Gasteiger partial charge in [0.15, 0.2) is 0 Å². The summed E-state index contributed by atoms with van der Waals surface area (Å²) >= 11 is 0. The summed E-state index contributed by atoms with van der Waals surface area (Å²) in [7, 11) is 1.61. The fourth-order valence-electron chi connectivity index (χ4n) is 4.83. The first-order chi connectivity index (χ1) is 13.6. The van der Waals surface area contributed by atoms with Crippen molar-refractivity contribution >= 4 is 17.4 Å². The monoisotopic (exact) mass is 382 g/mol. The van der Waals surface area contributed by atoms with Crippen molar-refractivity contribution in [1.82, 2.24) is 9.80 Å². The molecule has 1 aromatic carbocycles. The van der Waals surface area contributed by atoms with E-state index in [0.29, 0.717) is 22.9 Å². The third-order valence-electron chi connectivity index (χ3n) is 6.51. The lowest BCUT2D eigenvalue weighted by Crippen LogP contribution is -2.44. The number of amides is 2. The van der Waals surface area contributed by atoms with Crippen LogP contribution in [-0.4, -0.2) is 47.9 Å². The van der Waals surface area contributed by atoms with Gasteiger partial charge in [0.05, 0.1) is 12.7 Å². The summed E-state index contributed by atoms with van der Waals surface area (Å²) in [5, 5.41) is 0. The molecule has 1 aliphatic carbocycles. The van der Waals surface area contributed by atoms with Crippen LogP contribution >= 0.6 is 0 Å². The van der Waals surface area contributed by atoms with Gasteiger partial charge >= 0.3 is 0 Å². The molecule has 5 nitrogen and oxygen atoms in total. The first kappa shape index (κ1) is 19.0. The number of hydrogen-bond acceptors (Lipinski definition) is 4. The topological polar surface area (TPSA) is 49.9 Å². The van der Waals surface area contributed by atoms with E-state index >= 15 is 0 Å². The number of carbonyl (C=O) groups excluding carboxylic acids is 2. The van der Waals surface area contributed by atoms with Crippen LogP contribution in [0.1, 0.15) is 57.4 Å². The molecular weight excluding hydrogens is 352 g/mol. The molecule has 4 rings (SSSR count). The van der Waals surface area contributed by atoms with Gasteiger partial charge in [-0.05, 0) is 37.7 Å². The number of likely N-dealkylation sites (tertiary alicyclic amines) is 1. The van der Waals surface area contributed by atoms with Crippen molar-refractivity contribution in [1.29, 1.82) is 0 Å². The summed E-state index contributed by atoms with van der Waals surface area (Å²) in [4.78, 5) is 30.8. The standard InChI is InChI=1S/C23H30N2O3/c1-16-12-14-24(15-13-16)21-20(18-10-6-7-11-19(18)28-2)22(26)25(23(21)27)17-8-4-3-5-9-17/h6-7,10-11,16-17H,3-5,8-9,12-15H2,1-2H3. The molecule has 5 heteroatoms. The van der Waals surface area contributed by atoms with Crippen LogP contribution in [0.4, 0.5) is 0 Å². The minimum absolute atomic E-state index is 0.0275. The van der Waals surface area contributed by atoms with Crippen molar-refractivity contribution in [2.24, 2.45) is 5.92 Å². The lowest BCUT2D eigenvalue weighted by molar-refractivity contribution is -0.141. The summed E-state index contributed by atoms with van der Waals surface area (Å²) in [5.74, 6) is 1.06. The van der Waals surface area contributed by atoms with E-state index < -0.39 is 0 Å². The first-order valence-corrected chi connectivity index (χ1v) is 10.6. The highest BCUT2D eigenvalue weighted by Gasteiger charge is 2.45. The zero-order valence-corrected chi connectivity index (χ0v) is 16.9. The third kappa shape index (κ3) is 3.31. The molecule has 1 saturated heterocycles. The maximum atomic E-state index is 13.6. The second kappa shape index (κ2) is 7.98. The Balaban J connectivity index is 1.77. The van der Waals surface area contributed by atoms with Crippen LogP contribution < -0.4 is 4.74 Å². The summed E-state index contributed by atoms with van der Waals surface area (Å²) in [6.45, 7) is 3.90. The fourth-order valence-corrected chi connectivity index (χ4v) is 4.83. The van der Waals surface area contributed by atoms with Gasteiger partial charge in [0, 0.05) is 24.7 Å². The summed E-state index contributed by atoms with van der Waals surface area (Å²) in [6, 6.07) is 7.59. The molecule has 0 aromatic heterocycles. The number of para-hydroxylation sites is 1. The number of ether oxygens (including phenoxy) is 1. The lowest BCUT2D eigenvalue weighted by atomic mass is 9.94. The predicted octanol–water partition coefficient (Wildman–Crippen LogP) is 3.84. The van der Waals surface area contributed by atoms with Crippen LogP contribution in [0, 0.1) is 5.92 Å². The molecule has 2 fully saturated rings. The lowest BCUT2D eigenvalue weighted by Gasteiger charge is -2.34. The third-order valence-corrected chi connectivity index (χ3v) is 6.51. The molecule has 1 aromatic rings. The highest BCUT2D eigenvalue weighted by atomic mass is 16.5. The average Bonchev–Trinajstić information content (AvgIpc) is 2.99. The van der Waals surface area contributed by atoms with E-state index in [9.17, 15) is 9.59 Å². The fraction of sp³-hybridized carbons (Fsp3) is 0.565. The second-order valence-electron chi connectivity index (χ2n) is 8.37. The van der Waals surface area contributed by atoms with Crippen molar-refractivity contribution in [2.75, 3.05) is 20.2 Å². The van der Waals surface area contributed by atoms with Crippen LogP contribution in [0.3, 0.4) is 0 Å². The first-order valence-electron chi connectivity index (χ1n) is 10.6. The maximum absolute atomic E-state index is 13.6. The number of hydrogen-bond donors (Lipinski definition) is 0. The number of methoxy groups -OCH3 is 1. The van der Waals surface area contributed by atoms with E-state index in [4.69, 9.17) is 4.74 Å². The van der Waals surface area contributed by atoms with Crippen LogP contribution in [0.15, 0.2) is 30.0 Å². The van der Waals surface area contributed by atoms with Crippen LogP contribution in [-0.2, 0) is 9.59 Å². The Labute approximate surface area is 167 Å². The number of carbonyl (C=O) groups is 2. The second-order valence-corrected chi connectivity index (χ2v) is 8.37. The Morgan fingerprint density at radius 1 is 0.929 bits per heavy atom. The van der Waals surface area contributed by atoms with E-state index in [-0.39, 0.29) is 17.9 Å². The molecule has 0 spiro atoms. The van der Waals surface area contributed by atoms with Crippen molar-refractivity contribution < 1.29 is 14.3 Å². The number of imide groups is 1. The van der Waals surface area contributed by atoms with E-state index in [0.717, 1.165) is 57.2 Å². The van der Waals surface area contributed by atoms with E-state index in [2.05, 4.69) is 11.8 Å². The molecule has 2 heterocycles. The van der Waals surface area contributed by atoms with Gasteiger partial charge in [-0.25, -0.2) is 0 Å². The van der Waals surface area contributed by atoms with Gasteiger partial charge in [0.2, 0.25) is 0 Å². The van der Waals surface area contributed by atoms with Crippen molar-refractivity contribution in [3.8, 4) is 5.75 Å². The van der Waals surface area contributed by atoms with Gasteiger partial charge in [0.1, 0.15) is 11.4 Å². The zero-order valence-electron chi connectivity index (χ0n) is 16.9. The molecule has 2 aliphatic heterocycles. The SMILES string of the molecule is COc1ccccc1C1=C(N2CCC(C)CC2)C(=O)N(C2CCCCC2)C1=O. The smallest absolute Gasteiger partial charge is 0.278 e. The van der Waals surface area contributed by atoms with Gasteiger partial charge in [-0.3, -0.25) is 14.5 Å². The van der Waals surface area contributed by atoms with Crippen LogP contribution in [0.2, 0.25) is 0 Å². The van der Waals surface area contributed by atoms with Crippen molar-refractivity contribution in [2.45, 2.75) is 57.9 Å². The van der Waals surface area contributed by atoms with Gasteiger partial charge in [0.25, 0.3) is 11.8 Å². The molecule has 2 amide bonds. The molecule has 0 N–H and O–H groups in total. The minimum atomic E-state index is -0.143. The van der Waals surface area contributed by atoms with Gasteiger partial charge in [-0.15, -0.1) is 0 Å². The van der Waals surface area contributed by atoms with Gasteiger partial charge in [-0.2, -0.15) is 0 Å². The average molecular weight is 383 g/mol. The van der Waals surface area contributed by atoms with Crippen LogP contribution in [0.25, 0.3) is 5.57 Å². The Morgan fingerprint density at radius 3 is 2.29 bits per heavy atom. The molecule has 0 atom stereocenters. The molecule has 0 unspecified atom stereocenters. The molecule has 0 radical (unpaired) electrons. The maximum Gasteiger partial charge on any atom is 0.278 e. The Hall–Kier alpha value is -2.30. The Morgan fingerprint density at radius 2 is 1.61 bits per heavy atom. The number of piperidine rings is 1. The molecule has 28 heavy (non-hydrogen) atoms. The van der Waals surface area contributed by atoms with Crippen LogP contribution in [0.5, 0.6) is 5.75 Å². The largest absolute Gasteiger partial charge is 0.496 e. The molecule has 3 aliphatic rings. The van der Waals surface area contributed by atoms with E-state index in [1.807, 2.05) is 24.3 Å². The Bertz CT molecular complexity index is 787. The van der Waals surface area contributed by atoms with Crippen molar-refractivity contribution in [3.05, 3.63) is 35.5 Å². The van der Waals surface area contributed by atoms with Crippen molar-refractivity contribution in [3.63, 3.8) is 0 Å². The van der Waals surface area contributed by atoms with Gasteiger partial charge < -0.3 is 9.64 Å². The predicted molar refractivity (Wildman–Crippen MR) is 109 cm³/mol. The molecule has 150 valence electrons.